The number of benzene rings is 1. The summed E-state index contributed by atoms with van der Waals surface area (Å²) in [6, 6.07) is 1.02. The average Bonchev–Trinajstić information content (AvgIpc) is 2.38. The molecular formula is C12H7F3O4. The van der Waals surface area contributed by atoms with Crippen molar-refractivity contribution in [1.82, 2.24) is 0 Å². The summed E-state index contributed by atoms with van der Waals surface area (Å²) in [5, 5.41) is 0. The smallest absolute Gasteiger partial charge is 0.340 e. The Morgan fingerprint density at radius 3 is 2.42 bits per heavy atom. The molecule has 19 heavy (non-hydrogen) atoms. The molecule has 1 aromatic carbocycles. The zero-order valence-corrected chi connectivity index (χ0v) is 9.36. The lowest BCUT2D eigenvalue weighted by Gasteiger charge is -2.17. The highest BCUT2D eigenvalue weighted by molar-refractivity contribution is 5.92. The molecular weight excluding hydrogens is 265 g/mol. The molecule has 0 spiro atoms. The molecule has 0 aliphatic carbocycles. The molecule has 0 amide bonds. The van der Waals surface area contributed by atoms with E-state index in [1.165, 1.54) is 6.08 Å². The topological polar surface area (TPSA) is 52.6 Å². The fraction of sp³-hybridized carbons (Fsp3) is 0.167. The van der Waals surface area contributed by atoms with Crippen molar-refractivity contribution >= 4 is 11.8 Å². The molecule has 0 aromatic heterocycles. The summed E-state index contributed by atoms with van der Waals surface area (Å²) in [6.07, 6.45) is 1.22. The third-order valence-corrected chi connectivity index (χ3v) is 2.27. The average molecular weight is 272 g/mol. The first-order chi connectivity index (χ1) is 8.97. The SMILES string of the molecule is O=C1C=C[C@@H](OC(=O)c2cc(F)c(F)c(F)c2)OC1. The Hall–Kier alpha value is -2.15. The molecule has 0 bridgehead atoms. The van der Waals surface area contributed by atoms with Gasteiger partial charge in [0, 0.05) is 0 Å². The van der Waals surface area contributed by atoms with E-state index in [1.807, 2.05) is 0 Å². The Morgan fingerprint density at radius 2 is 1.89 bits per heavy atom. The van der Waals surface area contributed by atoms with Gasteiger partial charge in [0.2, 0.25) is 6.29 Å². The standard InChI is InChI=1S/C12H7F3O4/c13-8-3-6(4-9(14)11(8)15)12(17)19-10-2-1-7(16)5-18-10/h1-4,10H,5H2/t10-/m1/s1. The minimum Gasteiger partial charge on any atom is -0.428 e. The van der Waals surface area contributed by atoms with Crippen molar-refractivity contribution in [3.63, 3.8) is 0 Å². The molecule has 2 rings (SSSR count). The quantitative estimate of drug-likeness (QED) is 0.608. The maximum absolute atomic E-state index is 12.9. The van der Waals surface area contributed by atoms with Crippen LogP contribution in [0, 0.1) is 17.5 Å². The van der Waals surface area contributed by atoms with Crippen LogP contribution in [0.2, 0.25) is 0 Å². The first kappa shape index (κ1) is 13.3. The number of esters is 1. The van der Waals surface area contributed by atoms with Crippen molar-refractivity contribution in [2.45, 2.75) is 6.29 Å². The molecule has 1 atom stereocenters. The van der Waals surface area contributed by atoms with Crippen LogP contribution >= 0.6 is 0 Å². The van der Waals surface area contributed by atoms with Gasteiger partial charge in [0.25, 0.3) is 0 Å². The van der Waals surface area contributed by atoms with E-state index in [0.717, 1.165) is 6.08 Å². The summed E-state index contributed by atoms with van der Waals surface area (Å²) in [5.74, 6) is -6.06. The molecule has 0 saturated carbocycles. The Kier molecular flexibility index (Phi) is 3.66. The molecule has 0 unspecified atom stereocenters. The predicted octanol–water partition coefficient (Wildman–Crippen LogP) is 1.74. The molecule has 0 saturated heterocycles. The largest absolute Gasteiger partial charge is 0.428 e. The van der Waals surface area contributed by atoms with Gasteiger partial charge in [0.05, 0.1) is 5.56 Å². The van der Waals surface area contributed by atoms with Gasteiger partial charge in [0.15, 0.2) is 23.2 Å². The summed E-state index contributed by atoms with van der Waals surface area (Å²) >= 11 is 0. The highest BCUT2D eigenvalue weighted by atomic mass is 19.2. The van der Waals surface area contributed by atoms with E-state index < -0.39 is 35.3 Å². The zero-order valence-electron chi connectivity index (χ0n) is 9.36. The van der Waals surface area contributed by atoms with Crippen molar-refractivity contribution in [2.75, 3.05) is 6.61 Å². The highest BCUT2D eigenvalue weighted by Gasteiger charge is 2.21. The summed E-state index contributed by atoms with van der Waals surface area (Å²) in [4.78, 5) is 22.3. The molecule has 1 aliphatic rings. The van der Waals surface area contributed by atoms with E-state index in [2.05, 4.69) is 0 Å². The fourth-order valence-electron chi connectivity index (χ4n) is 1.37. The van der Waals surface area contributed by atoms with Crippen molar-refractivity contribution in [2.24, 2.45) is 0 Å². The number of ether oxygens (including phenoxy) is 2. The monoisotopic (exact) mass is 272 g/mol. The Labute approximate surface area is 105 Å². The minimum atomic E-state index is -1.67. The third-order valence-electron chi connectivity index (χ3n) is 2.27. The fourth-order valence-corrected chi connectivity index (χ4v) is 1.37. The molecule has 7 heteroatoms. The number of halogens is 3. The lowest BCUT2D eigenvalue weighted by Crippen LogP contribution is -2.26. The van der Waals surface area contributed by atoms with Crippen LogP contribution in [0.3, 0.4) is 0 Å². The van der Waals surface area contributed by atoms with Crippen LogP contribution in [0.5, 0.6) is 0 Å². The predicted molar refractivity (Wildman–Crippen MR) is 55.6 cm³/mol. The number of hydrogen-bond acceptors (Lipinski definition) is 4. The van der Waals surface area contributed by atoms with Crippen molar-refractivity contribution in [3.05, 3.63) is 47.3 Å². The number of carbonyl (C=O) groups is 2. The van der Waals surface area contributed by atoms with Crippen LogP contribution < -0.4 is 0 Å². The van der Waals surface area contributed by atoms with E-state index in [-0.39, 0.29) is 12.4 Å². The highest BCUT2D eigenvalue weighted by Crippen LogP contribution is 2.15. The lowest BCUT2D eigenvalue weighted by molar-refractivity contribution is -0.132. The second-order valence-corrected chi connectivity index (χ2v) is 3.66. The van der Waals surface area contributed by atoms with Crippen molar-refractivity contribution in [3.8, 4) is 0 Å². The van der Waals surface area contributed by atoms with E-state index in [1.54, 1.807) is 0 Å². The summed E-state index contributed by atoms with van der Waals surface area (Å²) in [5.41, 5.74) is -0.495. The molecule has 1 aromatic rings. The van der Waals surface area contributed by atoms with Crippen molar-refractivity contribution in [1.29, 1.82) is 0 Å². The second-order valence-electron chi connectivity index (χ2n) is 3.66. The van der Waals surface area contributed by atoms with Crippen LogP contribution in [0.15, 0.2) is 24.3 Å². The van der Waals surface area contributed by atoms with Crippen LogP contribution in [-0.4, -0.2) is 24.6 Å². The molecule has 1 aliphatic heterocycles. The lowest BCUT2D eigenvalue weighted by atomic mass is 10.2. The normalized spacial score (nSPS) is 18.5. The third kappa shape index (κ3) is 3.00. The van der Waals surface area contributed by atoms with Gasteiger partial charge in [-0.25, -0.2) is 18.0 Å². The van der Waals surface area contributed by atoms with Gasteiger partial charge in [-0.05, 0) is 24.3 Å². The summed E-state index contributed by atoms with van der Waals surface area (Å²) < 4.78 is 48.1. The molecule has 0 radical (unpaired) electrons. The van der Waals surface area contributed by atoms with E-state index in [4.69, 9.17) is 9.47 Å². The summed E-state index contributed by atoms with van der Waals surface area (Å²) in [6.45, 7) is -0.263. The molecule has 4 nitrogen and oxygen atoms in total. The van der Waals surface area contributed by atoms with E-state index >= 15 is 0 Å². The van der Waals surface area contributed by atoms with Crippen LogP contribution in [-0.2, 0) is 14.3 Å². The molecule has 1 heterocycles. The number of hydrogen-bond donors (Lipinski definition) is 0. The van der Waals surface area contributed by atoms with Crippen LogP contribution in [0.4, 0.5) is 13.2 Å². The maximum Gasteiger partial charge on any atom is 0.340 e. The zero-order chi connectivity index (χ0) is 14.0. The van der Waals surface area contributed by atoms with E-state index in [0.29, 0.717) is 12.1 Å². The maximum atomic E-state index is 12.9. The Morgan fingerprint density at radius 1 is 1.26 bits per heavy atom. The van der Waals surface area contributed by atoms with Gasteiger partial charge >= 0.3 is 5.97 Å². The molecule has 0 N–H and O–H groups in total. The van der Waals surface area contributed by atoms with Gasteiger partial charge in [-0.15, -0.1) is 0 Å². The molecule has 100 valence electrons. The Balaban J connectivity index is 2.12. The van der Waals surface area contributed by atoms with Crippen molar-refractivity contribution < 1.29 is 32.2 Å². The molecule has 0 fully saturated rings. The second kappa shape index (κ2) is 5.23. The Bertz CT molecular complexity index is 545. The first-order valence-electron chi connectivity index (χ1n) is 5.15. The summed E-state index contributed by atoms with van der Waals surface area (Å²) in [7, 11) is 0. The first-order valence-corrected chi connectivity index (χ1v) is 5.15. The minimum absolute atomic E-state index is 0.263. The van der Waals surface area contributed by atoms with Crippen LogP contribution in [0.25, 0.3) is 0 Å². The van der Waals surface area contributed by atoms with Gasteiger partial charge in [-0.1, -0.05) is 0 Å². The van der Waals surface area contributed by atoms with Gasteiger partial charge in [-0.3, -0.25) is 4.79 Å². The number of carbonyl (C=O) groups excluding carboxylic acids is 2. The van der Waals surface area contributed by atoms with Gasteiger partial charge < -0.3 is 9.47 Å². The van der Waals surface area contributed by atoms with Crippen LogP contribution in [0.1, 0.15) is 10.4 Å². The van der Waals surface area contributed by atoms with Gasteiger partial charge in [-0.2, -0.15) is 0 Å². The number of ketones is 1. The number of rotatable bonds is 2. The van der Waals surface area contributed by atoms with Gasteiger partial charge in [0.1, 0.15) is 6.61 Å². The van der Waals surface area contributed by atoms with E-state index in [9.17, 15) is 22.8 Å².